The van der Waals surface area contributed by atoms with Crippen LogP contribution >= 0.6 is 11.6 Å². The van der Waals surface area contributed by atoms with E-state index >= 15 is 0 Å². The molecule has 0 saturated carbocycles. The summed E-state index contributed by atoms with van der Waals surface area (Å²) in [5, 5.41) is 1.66. The fourth-order valence-corrected chi connectivity index (χ4v) is 3.70. The zero-order valence-corrected chi connectivity index (χ0v) is 16.7. The first-order valence-corrected chi connectivity index (χ1v) is 9.58. The molecule has 2 aromatic carbocycles. The predicted molar refractivity (Wildman–Crippen MR) is 114 cm³/mol. The van der Waals surface area contributed by atoms with Crippen LogP contribution in [0.15, 0.2) is 42.5 Å². The Morgan fingerprint density at radius 3 is 2.44 bits per heavy atom. The van der Waals surface area contributed by atoms with Crippen molar-refractivity contribution in [1.82, 2.24) is 14.9 Å². The second-order valence-electron chi connectivity index (χ2n) is 7.23. The molecule has 0 amide bonds. The number of halogens is 1. The fourth-order valence-electron chi connectivity index (χ4n) is 3.53. The van der Waals surface area contributed by atoms with Gasteiger partial charge < -0.3 is 14.7 Å². The van der Waals surface area contributed by atoms with E-state index in [1.54, 1.807) is 0 Å². The molecule has 0 bridgehead atoms. The summed E-state index contributed by atoms with van der Waals surface area (Å²) >= 11 is 6.21. The van der Waals surface area contributed by atoms with Gasteiger partial charge in [-0.2, -0.15) is 0 Å². The first kappa shape index (κ1) is 18.0. The van der Waals surface area contributed by atoms with Crippen LogP contribution in [0.2, 0.25) is 5.02 Å². The maximum absolute atomic E-state index is 6.21. The molecule has 5 nitrogen and oxygen atoms in total. The molecular weight excluding hydrogens is 358 g/mol. The van der Waals surface area contributed by atoms with Crippen LogP contribution in [0.4, 0.5) is 11.5 Å². The van der Waals surface area contributed by atoms with Crippen molar-refractivity contribution in [2.45, 2.75) is 0 Å². The zero-order valence-electron chi connectivity index (χ0n) is 16.0. The smallest absolute Gasteiger partial charge is 0.164 e. The maximum Gasteiger partial charge on any atom is 0.164 e. The van der Waals surface area contributed by atoms with E-state index < -0.39 is 0 Å². The Kier molecular flexibility index (Phi) is 4.89. The lowest BCUT2D eigenvalue weighted by molar-refractivity contribution is 0.313. The minimum absolute atomic E-state index is 0.694. The summed E-state index contributed by atoms with van der Waals surface area (Å²) in [7, 11) is 6.17. The Morgan fingerprint density at radius 1 is 0.963 bits per heavy atom. The van der Waals surface area contributed by atoms with Gasteiger partial charge in [-0.25, -0.2) is 9.97 Å². The summed E-state index contributed by atoms with van der Waals surface area (Å²) in [5.41, 5.74) is 3.17. The monoisotopic (exact) mass is 381 g/mol. The Bertz CT molecular complexity index is 964. The minimum Gasteiger partial charge on any atom is -0.368 e. The minimum atomic E-state index is 0.694. The average Bonchev–Trinajstić information content (AvgIpc) is 2.67. The number of nitrogens with zero attached hydrogens (tertiary/aromatic N) is 5. The fraction of sp³-hybridized carbons (Fsp3) is 0.333. The standard InChI is InChI=1S/C21H24ClN5/c1-25(2)21-17-14-15(22)8-9-18(17)23-20(24-21)16-6-4-5-7-19(16)27-12-10-26(3)11-13-27/h4-9,14H,10-13H2,1-3H3. The van der Waals surface area contributed by atoms with Gasteiger partial charge in [-0.05, 0) is 37.4 Å². The molecule has 4 rings (SSSR count). The lowest BCUT2D eigenvalue weighted by atomic mass is 10.1. The summed E-state index contributed by atoms with van der Waals surface area (Å²) in [6.45, 7) is 4.15. The number of hydrogen-bond donors (Lipinski definition) is 0. The number of piperazine rings is 1. The van der Waals surface area contributed by atoms with Crippen molar-refractivity contribution in [2.24, 2.45) is 0 Å². The number of para-hydroxylation sites is 1. The van der Waals surface area contributed by atoms with Gasteiger partial charge in [-0.1, -0.05) is 23.7 Å². The molecule has 0 unspecified atom stereocenters. The van der Waals surface area contributed by atoms with Gasteiger partial charge in [0.1, 0.15) is 5.82 Å². The van der Waals surface area contributed by atoms with Crippen molar-refractivity contribution < 1.29 is 0 Å². The maximum atomic E-state index is 6.21. The van der Waals surface area contributed by atoms with Crippen molar-refractivity contribution in [3.63, 3.8) is 0 Å². The molecule has 0 atom stereocenters. The van der Waals surface area contributed by atoms with Gasteiger partial charge in [0.05, 0.1) is 5.52 Å². The summed E-state index contributed by atoms with van der Waals surface area (Å²) in [5.74, 6) is 1.63. The molecule has 0 aliphatic carbocycles. The highest BCUT2D eigenvalue weighted by molar-refractivity contribution is 6.31. The van der Waals surface area contributed by atoms with E-state index in [1.165, 1.54) is 5.69 Å². The largest absolute Gasteiger partial charge is 0.368 e. The van der Waals surface area contributed by atoms with Crippen molar-refractivity contribution >= 4 is 34.0 Å². The molecule has 1 aliphatic rings. The van der Waals surface area contributed by atoms with Crippen molar-refractivity contribution in [2.75, 3.05) is 57.1 Å². The van der Waals surface area contributed by atoms with Crippen LogP contribution in [0.3, 0.4) is 0 Å². The quantitative estimate of drug-likeness (QED) is 0.690. The third-order valence-electron chi connectivity index (χ3n) is 5.05. The molecule has 0 N–H and O–H groups in total. The second-order valence-corrected chi connectivity index (χ2v) is 7.67. The van der Waals surface area contributed by atoms with Gasteiger partial charge in [0.2, 0.25) is 0 Å². The molecular formula is C21H24ClN5. The molecule has 1 aliphatic heterocycles. The molecule has 6 heteroatoms. The molecule has 27 heavy (non-hydrogen) atoms. The first-order valence-electron chi connectivity index (χ1n) is 9.20. The van der Waals surface area contributed by atoms with E-state index in [0.717, 1.165) is 54.3 Å². The Morgan fingerprint density at radius 2 is 1.70 bits per heavy atom. The average molecular weight is 382 g/mol. The predicted octanol–water partition coefficient (Wildman–Crippen LogP) is 3.77. The molecule has 0 radical (unpaired) electrons. The summed E-state index contributed by atoms with van der Waals surface area (Å²) in [6.07, 6.45) is 0. The number of fused-ring (bicyclic) bond motifs is 1. The number of likely N-dealkylation sites (N-methyl/N-ethyl adjacent to an activating group) is 1. The molecule has 1 saturated heterocycles. The van der Waals surface area contributed by atoms with Gasteiger partial charge in [-0.15, -0.1) is 0 Å². The van der Waals surface area contributed by atoms with Crippen molar-refractivity contribution in [3.8, 4) is 11.4 Å². The molecule has 1 fully saturated rings. The van der Waals surface area contributed by atoms with Crippen LogP contribution in [-0.4, -0.2) is 62.2 Å². The van der Waals surface area contributed by atoms with E-state index in [-0.39, 0.29) is 0 Å². The van der Waals surface area contributed by atoms with E-state index in [2.05, 4.69) is 41.1 Å². The second kappa shape index (κ2) is 7.33. The number of hydrogen-bond acceptors (Lipinski definition) is 5. The van der Waals surface area contributed by atoms with Crippen LogP contribution in [0, 0.1) is 0 Å². The number of anilines is 2. The van der Waals surface area contributed by atoms with Crippen molar-refractivity contribution in [3.05, 3.63) is 47.5 Å². The molecule has 0 spiro atoms. The van der Waals surface area contributed by atoms with Crippen LogP contribution in [0.1, 0.15) is 0 Å². The van der Waals surface area contributed by atoms with Gasteiger partial charge in [0, 0.05) is 61.9 Å². The van der Waals surface area contributed by atoms with Gasteiger partial charge in [0.25, 0.3) is 0 Å². The zero-order chi connectivity index (χ0) is 19.0. The highest BCUT2D eigenvalue weighted by Gasteiger charge is 2.20. The highest BCUT2D eigenvalue weighted by Crippen LogP contribution is 2.33. The third-order valence-corrected chi connectivity index (χ3v) is 5.29. The van der Waals surface area contributed by atoms with Crippen molar-refractivity contribution in [1.29, 1.82) is 0 Å². The summed E-state index contributed by atoms with van der Waals surface area (Å²) in [6, 6.07) is 14.2. The van der Waals surface area contributed by atoms with Crippen LogP contribution in [0.5, 0.6) is 0 Å². The van der Waals surface area contributed by atoms with Crippen LogP contribution in [-0.2, 0) is 0 Å². The number of benzene rings is 2. The topological polar surface area (TPSA) is 35.5 Å². The number of aromatic nitrogens is 2. The lowest BCUT2D eigenvalue weighted by Gasteiger charge is -2.35. The van der Waals surface area contributed by atoms with Crippen LogP contribution in [0.25, 0.3) is 22.3 Å². The third kappa shape index (κ3) is 3.57. The Balaban J connectivity index is 1.84. The van der Waals surface area contributed by atoms with E-state index in [4.69, 9.17) is 21.6 Å². The van der Waals surface area contributed by atoms with Gasteiger partial charge >= 0.3 is 0 Å². The van der Waals surface area contributed by atoms with Gasteiger partial charge in [-0.3, -0.25) is 0 Å². The lowest BCUT2D eigenvalue weighted by Crippen LogP contribution is -2.44. The SMILES string of the molecule is CN1CCN(c2ccccc2-c2nc(N(C)C)c3cc(Cl)ccc3n2)CC1. The van der Waals surface area contributed by atoms with E-state index in [1.807, 2.05) is 37.2 Å². The molecule has 1 aromatic heterocycles. The first-order chi connectivity index (χ1) is 13.0. The van der Waals surface area contributed by atoms with Gasteiger partial charge in [0.15, 0.2) is 5.82 Å². The molecule has 2 heterocycles. The molecule has 3 aromatic rings. The van der Waals surface area contributed by atoms with E-state index in [0.29, 0.717) is 5.02 Å². The molecule has 140 valence electrons. The summed E-state index contributed by atoms with van der Waals surface area (Å²) in [4.78, 5) is 16.6. The number of rotatable bonds is 3. The normalized spacial score (nSPS) is 15.3. The Labute approximate surface area is 165 Å². The Hall–Kier alpha value is -2.37. The van der Waals surface area contributed by atoms with Crippen LogP contribution < -0.4 is 9.80 Å². The van der Waals surface area contributed by atoms with E-state index in [9.17, 15) is 0 Å². The highest BCUT2D eigenvalue weighted by atomic mass is 35.5. The summed E-state index contributed by atoms with van der Waals surface area (Å²) < 4.78 is 0.